The summed E-state index contributed by atoms with van der Waals surface area (Å²) in [5.41, 5.74) is 1.00. The molecule has 0 saturated carbocycles. The first-order valence-corrected chi connectivity index (χ1v) is 14.3. The average molecular weight is 526 g/mol. The lowest BCUT2D eigenvalue weighted by Gasteiger charge is -2.36. The molecule has 0 aromatic carbocycles. The number of unbranched alkanes of at least 4 members (excludes halogenated alkanes) is 2. The fraction of sp³-hybridized carbons (Fsp3) is 0.867. The summed E-state index contributed by atoms with van der Waals surface area (Å²) in [7, 11) is 3.48. The zero-order chi connectivity index (χ0) is 28.0. The van der Waals surface area contributed by atoms with Crippen LogP contribution in [0.4, 0.5) is 0 Å². The van der Waals surface area contributed by atoms with E-state index in [1.807, 2.05) is 6.92 Å². The summed E-state index contributed by atoms with van der Waals surface area (Å²) < 4.78 is 17.4. The highest BCUT2D eigenvalue weighted by atomic mass is 16.5. The van der Waals surface area contributed by atoms with Gasteiger partial charge >= 0.3 is 0 Å². The topological polar surface area (TPSA) is 94.1 Å². The van der Waals surface area contributed by atoms with E-state index in [0.717, 1.165) is 69.6 Å². The lowest BCUT2D eigenvalue weighted by molar-refractivity contribution is -0.147. The molecule has 0 aromatic heterocycles. The molecule has 2 N–H and O–H groups in total. The van der Waals surface area contributed by atoms with Crippen molar-refractivity contribution in [2.24, 2.45) is 11.3 Å². The van der Waals surface area contributed by atoms with E-state index in [9.17, 15) is 14.7 Å². The van der Waals surface area contributed by atoms with Crippen molar-refractivity contribution in [1.29, 1.82) is 0 Å². The van der Waals surface area contributed by atoms with Crippen molar-refractivity contribution in [3.63, 3.8) is 0 Å². The Kier molecular flexibility index (Phi) is 15.8. The van der Waals surface area contributed by atoms with E-state index >= 15 is 0 Å². The van der Waals surface area contributed by atoms with Crippen molar-refractivity contribution in [2.45, 2.75) is 142 Å². The second-order valence-corrected chi connectivity index (χ2v) is 11.6. The van der Waals surface area contributed by atoms with Gasteiger partial charge in [-0.15, -0.1) is 0 Å². The molecule has 0 aromatic rings. The van der Waals surface area contributed by atoms with Crippen LogP contribution in [0.2, 0.25) is 0 Å². The minimum Gasteiger partial charge on any atom is -0.381 e. The highest BCUT2D eigenvalue weighted by Crippen LogP contribution is 2.34. The van der Waals surface area contributed by atoms with Crippen molar-refractivity contribution in [3.8, 4) is 0 Å². The van der Waals surface area contributed by atoms with E-state index in [0.29, 0.717) is 12.8 Å². The third-order valence-corrected chi connectivity index (χ3v) is 8.24. The van der Waals surface area contributed by atoms with E-state index in [1.54, 1.807) is 14.2 Å². The minimum absolute atomic E-state index is 0.0234. The van der Waals surface area contributed by atoms with Crippen LogP contribution in [0.15, 0.2) is 12.2 Å². The fourth-order valence-corrected chi connectivity index (χ4v) is 5.36. The Morgan fingerprint density at radius 1 is 1.19 bits per heavy atom. The summed E-state index contributed by atoms with van der Waals surface area (Å²) in [5.74, 6) is -0.123. The van der Waals surface area contributed by atoms with Crippen LogP contribution >= 0.6 is 0 Å². The molecule has 6 unspecified atom stereocenters. The Balaban J connectivity index is 2.56. The molecule has 1 aliphatic rings. The molecule has 1 aliphatic heterocycles. The first-order valence-electron chi connectivity index (χ1n) is 14.3. The molecular formula is C30H55NO6. The van der Waals surface area contributed by atoms with Crippen molar-refractivity contribution in [1.82, 2.24) is 5.32 Å². The first kappa shape index (κ1) is 33.7. The SMILES string of the molecule is C=C1CC(C(O)C(=O)N[C@@H](CCC)CCCCC(C)(C)C(CC(CCCC=O)OC)OC)OC(C)C1C. The second-order valence-electron chi connectivity index (χ2n) is 11.6. The predicted octanol–water partition coefficient (Wildman–Crippen LogP) is 5.38. The van der Waals surface area contributed by atoms with Gasteiger partial charge in [0.05, 0.1) is 24.4 Å². The Labute approximate surface area is 226 Å². The molecule has 0 radical (unpaired) electrons. The molecule has 1 fully saturated rings. The molecule has 1 amide bonds. The molecule has 0 spiro atoms. The van der Waals surface area contributed by atoms with Crippen LogP contribution in [0.3, 0.4) is 0 Å². The highest BCUT2D eigenvalue weighted by Gasteiger charge is 2.36. The van der Waals surface area contributed by atoms with Crippen LogP contribution in [0.25, 0.3) is 0 Å². The molecule has 0 aliphatic carbocycles. The van der Waals surface area contributed by atoms with Gasteiger partial charge < -0.3 is 29.4 Å². The number of aliphatic hydroxyl groups is 1. The molecule has 0 bridgehead atoms. The van der Waals surface area contributed by atoms with Crippen LogP contribution in [0, 0.1) is 11.3 Å². The van der Waals surface area contributed by atoms with Crippen LogP contribution in [0.5, 0.6) is 0 Å². The number of aldehydes is 1. The van der Waals surface area contributed by atoms with Crippen LogP contribution < -0.4 is 5.32 Å². The maximum Gasteiger partial charge on any atom is 0.251 e. The fourth-order valence-electron chi connectivity index (χ4n) is 5.36. The first-order chi connectivity index (χ1) is 17.5. The third-order valence-electron chi connectivity index (χ3n) is 8.24. The minimum atomic E-state index is -1.19. The quantitative estimate of drug-likeness (QED) is 0.134. The number of methoxy groups -OCH3 is 2. The van der Waals surface area contributed by atoms with Gasteiger partial charge in [0, 0.05) is 39.0 Å². The van der Waals surface area contributed by atoms with Gasteiger partial charge in [-0.2, -0.15) is 0 Å². The van der Waals surface area contributed by atoms with Crippen molar-refractivity contribution in [2.75, 3.05) is 14.2 Å². The summed E-state index contributed by atoms with van der Waals surface area (Å²) >= 11 is 0. The summed E-state index contributed by atoms with van der Waals surface area (Å²) in [4.78, 5) is 23.5. The van der Waals surface area contributed by atoms with Crippen LogP contribution in [-0.4, -0.2) is 68.1 Å². The second kappa shape index (κ2) is 17.3. The molecular weight excluding hydrogens is 470 g/mol. The van der Waals surface area contributed by atoms with E-state index < -0.39 is 12.2 Å². The molecule has 1 saturated heterocycles. The van der Waals surface area contributed by atoms with E-state index in [1.165, 1.54) is 0 Å². The van der Waals surface area contributed by atoms with Crippen molar-refractivity contribution in [3.05, 3.63) is 12.2 Å². The molecule has 1 heterocycles. The normalized spacial score (nSPS) is 23.8. The van der Waals surface area contributed by atoms with Crippen LogP contribution in [0.1, 0.15) is 105 Å². The Hall–Kier alpha value is -1.28. The monoisotopic (exact) mass is 525 g/mol. The number of carbonyl (C=O) groups excluding carboxylic acids is 2. The lowest BCUT2D eigenvalue weighted by atomic mass is 9.78. The third kappa shape index (κ3) is 11.6. The zero-order valence-corrected chi connectivity index (χ0v) is 24.6. The number of aliphatic hydroxyl groups excluding tert-OH is 1. The highest BCUT2D eigenvalue weighted by molar-refractivity contribution is 5.81. The summed E-state index contributed by atoms with van der Waals surface area (Å²) in [5, 5.41) is 13.8. The lowest BCUT2D eigenvalue weighted by Crippen LogP contribution is -2.50. The number of amides is 1. The van der Waals surface area contributed by atoms with Gasteiger partial charge in [0.1, 0.15) is 6.29 Å². The van der Waals surface area contributed by atoms with Crippen molar-refractivity contribution >= 4 is 12.2 Å². The van der Waals surface area contributed by atoms with Crippen molar-refractivity contribution < 1.29 is 28.9 Å². The Morgan fingerprint density at radius 3 is 2.46 bits per heavy atom. The Bertz CT molecular complexity index is 681. The predicted molar refractivity (Wildman–Crippen MR) is 148 cm³/mol. The number of rotatable bonds is 19. The average Bonchev–Trinajstić information content (AvgIpc) is 2.86. The molecule has 1 rings (SSSR count). The Morgan fingerprint density at radius 2 is 1.89 bits per heavy atom. The number of carbonyl (C=O) groups is 2. The maximum atomic E-state index is 12.8. The zero-order valence-electron chi connectivity index (χ0n) is 24.6. The van der Waals surface area contributed by atoms with Gasteiger partial charge in [-0.25, -0.2) is 0 Å². The maximum absolute atomic E-state index is 12.8. The number of hydrogen-bond acceptors (Lipinski definition) is 6. The van der Waals surface area contributed by atoms with Gasteiger partial charge in [0.2, 0.25) is 0 Å². The smallest absolute Gasteiger partial charge is 0.251 e. The summed E-state index contributed by atoms with van der Waals surface area (Å²) in [6.07, 6.45) is 8.60. The van der Waals surface area contributed by atoms with E-state index in [4.69, 9.17) is 14.2 Å². The van der Waals surface area contributed by atoms with Crippen LogP contribution in [-0.2, 0) is 23.8 Å². The number of nitrogens with one attached hydrogen (secondary N) is 1. The van der Waals surface area contributed by atoms with Gasteiger partial charge in [0.15, 0.2) is 6.10 Å². The van der Waals surface area contributed by atoms with E-state index in [2.05, 4.69) is 39.6 Å². The number of hydrogen-bond donors (Lipinski definition) is 2. The van der Waals surface area contributed by atoms with Gasteiger partial charge in [-0.3, -0.25) is 4.79 Å². The summed E-state index contributed by atoms with van der Waals surface area (Å²) in [6.45, 7) is 14.7. The molecule has 7 heteroatoms. The van der Waals surface area contributed by atoms with Gasteiger partial charge in [-0.05, 0) is 50.9 Å². The van der Waals surface area contributed by atoms with Gasteiger partial charge in [-0.1, -0.05) is 59.1 Å². The van der Waals surface area contributed by atoms with E-state index in [-0.39, 0.29) is 41.6 Å². The molecule has 7 nitrogen and oxygen atoms in total. The molecule has 37 heavy (non-hydrogen) atoms. The van der Waals surface area contributed by atoms with Gasteiger partial charge in [0.25, 0.3) is 5.91 Å². The molecule has 216 valence electrons. The largest absolute Gasteiger partial charge is 0.381 e. The number of ether oxygens (including phenoxy) is 3. The standard InChI is InChI=1S/C30H55NO6/c1-9-14-24(31-29(34)28(33)26-19-21(2)22(3)23(4)37-26)15-10-12-17-30(5,6)27(36-8)20-25(35-7)16-11-13-18-32/h18,22-28,33H,2,9-17,19-20H2,1,3-8H3,(H,31,34)/t22?,23?,24-,25?,26?,27?,28?/m0/s1. The molecule has 7 atom stereocenters. The summed E-state index contributed by atoms with van der Waals surface area (Å²) in [6, 6.07) is 0.0346.